The van der Waals surface area contributed by atoms with Gasteiger partial charge in [-0.1, -0.05) is 31.2 Å². The van der Waals surface area contributed by atoms with Crippen LogP contribution in [0.5, 0.6) is 0 Å². The van der Waals surface area contributed by atoms with E-state index in [1.54, 1.807) is 13.0 Å². The summed E-state index contributed by atoms with van der Waals surface area (Å²) < 4.78 is 5.45. The van der Waals surface area contributed by atoms with Crippen LogP contribution < -0.4 is 0 Å². The van der Waals surface area contributed by atoms with E-state index < -0.39 is 11.9 Å². The van der Waals surface area contributed by atoms with Gasteiger partial charge in [-0.25, -0.2) is 0 Å². The van der Waals surface area contributed by atoms with E-state index in [1.165, 1.54) is 6.08 Å². The zero-order valence-corrected chi connectivity index (χ0v) is 11.3. The lowest BCUT2D eigenvalue weighted by Gasteiger charge is -2.12. The number of carbonyl (C=O) groups is 1. The van der Waals surface area contributed by atoms with E-state index in [2.05, 4.69) is 6.58 Å². The lowest BCUT2D eigenvalue weighted by atomic mass is 10.1. The fourth-order valence-electron chi connectivity index (χ4n) is 1.07. The van der Waals surface area contributed by atoms with E-state index in [0.717, 1.165) is 12.0 Å². The van der Waals surface area contributed by atoms with E-state index in [4.69, 9.17) is 21.4 Å². The van der Waals surface area contributed by atoms with Crippen molar-refractivity contribution in [2.75, 3.05) is 6.61 Å². The minimum Gasteiger partial charge on any atom is -0.488 e. The monoisotopic (exact) mass is 258 g/mol. The van der Waals surface area contributed by atoms with Crippen LogP contribution in [0.4, 0.5) is 0 Å². The summed E-state index contributed by atoms with van der Waals surface area (Å²) in [4.78, 5) is 10.7. The number of hydrogen-bond donors (Lipinski definition) is 1. The molecule has 0 aliphatic carbocycles. The fraction of sp³-hybridized carbons (Fsp3) is 0.462. The molecule has 0 saturated heterocycles. The van der Waals surface area contributed by atoms with Crippen molar-refractivity contribution in [2.45, 2.75) is 27.2 Å². The van der Waals surface area contributed by atoms with Gasteiger partial charge in [-0.05, 0) is 31.9 Å². The molecule has 0 aromatic heterocycles. The quantitative estimate of drug-likeness (QED) is 0.430. The van der Waals surface area contributed by atoms with Gasteiger partial charge in [0.1, 0.15) is 12.4 Å². The normalized spacial score (nSPS) is 14.9. The summed E-state index contributed by atoms with van der Waals surface area (Å²) in [6, 6.07) is 0. The van der Waals surface area contributed by atoms with Crippen molar-refractivity contribution in [3.8, 4) is 0 Å². The molecule has 0 unspecified atom stereocenters. The van der Waals surface area contributed by atoms with Crippen LogP contribution in [-0.2, 0) is 9.53 Å². The summed E-state index contributed by atoms with van der Waals surface area (Å²) in [6.45, 7) is 9.36. The van der Waals surface area contributed by atoms with Crippen LogP contribution in [0.3, 0.4) is 0 Å². The Bertz CT molecular complexity index is 343. The third kappa shape index (κ3) is 5.59. The summed E-state index contributed by atoms with van der Waals surface area (Å²) in [7, 11) is 0. The van der Waals surface area contributed by atoms with Crippen LogP contribution in [0, 0.1) is 5.92 Å². The number of rotatable bonds is 7. The average molecular weight is 259 g/mol. The summed E-state index contributed by atoms with van der Waals surface area (Å²) >= 11 is 6.08. The maximum atomic E-state index is 10.7. The molecule has 0 aromatic carbocycles. The Morgan fingerprint density at radius 2 is 2.18 bits per heavy atom. The predicted octanol–water partition coefficient (Wildman–Crippen LogP) is 3.72. The summed E-state index contributed by atoms with van der Waals surface area (Å²) in [5.41, 5.74) is 0.977. The third-order valence-electron chi connectivity index (χ3n) is 2.27. The van der Waals surface area contributed by atoms with Gasteiger partial charge < -0.3 is 9.84 Å². The van der Waals surface area contributed by atoms with Crippen LogP contribution >= 0.6 is 11.6 Å². The second-order valence-electron chi connectivity index (χ2n) is 3.70. The summed E-state index contributed by atoms with van der Waals surface area (Å²) in [5.74, 6) is -1.02. The van der Waals surface area contributed by atoms with Crippen molar-refractivity contribution < 1.29 is 14.6 Å². The highest BCUT2D eigenvalue weighted by atomic mass is 35.5. The molecule has 0 saturated carbocycles. The highest BCUT2D eigenvalue weighted by molar-refractivity contribution is 6.31. The smallest absolute Gasteiger partial charge is 0.310 e. The minimum absolute atomic E-state index is 0.334. The number of carboxylic acid groups (broad SMARTS) is 1. The molecule has 96 valence electrons. The second kappa shape index (κ2) is 7.96. The molecular weight excluding hydrogens is 240 g/mol. The lowest BCUT2D eigenvalue weighted by molar-refractivity contribution is -0.139. The molecule has 0 amide bonds. The molecular formula is C13H19ClO3. The number of hydrogen-bond acceptors (Lipinski definition) is 2. The van der Waals surface area contributed by atoms with Gasteiger partial charge in [-0.3, -0.25) is 4.79 Å². The molecule has 0 aliphatic rings. The zero-order valence-electron chi connectivity index (χ0n) is 10.5. The number of carboxylic acids is 1. The topological polar surface area (TPSA) is 46.5 Å². The first kappa shape index (κ1) is 15.8. The van der Waals surface area contributed by atoms with Gasteiger partial charge in [0, 0.05) is 0 Å². The Morgan fingerprint density at radius 1 is 1.59 bits per heavy atom. The van der Waals surface area contributed by atoms with Crippen LogP contribution in [0.1, 0.15) is 27.2 Å². The first-order valence-corrected chi connectivity index (χ1v) is 5.85. The molecule has 1 N–H and O–H groups in total. The molecule has 4 heteroatoms. The van der Waals surface area contributed by atoms with E-state index >= 15 is 0 Å². The first-order chi connectivity index (χ1) is 7.93. The van der Waals surface area contributed by atoms with Gasteiger partial charge in [0.2, 0.25) is 0 Å². The van der Waals surface area contributed by atoms with E-state index in [0.29, 0.717) is 17.4 Å². The molecule has 0 bridgehead atoms. The molecule has 17 heavy (non-hydrogen) atoms. The Hall–Kier alpha value is -1.22. The molecule has 1 atom stereocenters. The van der Waals surface area contributed by atoms with Crippen LogP contribution in [-0.4, -0.2) is 17.7 Å². The van der Waals surface area contributed by atoms with E-state index in [1.807, 2.05) is 13.8 Å². The standard InChI is InChI=1S/C13H19ClO3/c1-5-7-17-12(9(3)6-2)11(14)8-10(4)13(15)16/h5,8,10H,1,6-7H2,2-4H3,(H,15,16)/b11-8+,12-9-/t10-/m1/s1. The van der Waals surface area contributed by atoms with Crippen molar-refractivity contribution in [3.05, 3.63) is 35.1 Å². The Kier molecular flexibility index (Phi) is 7.39. The molecule has 0 heterocycles. The average Bonchev–Trinajstić information content (AvgIpc) is 2.28. The van der Waals surface area contributed by atoms with Crippen molar-refractivity contribution in [1.29, 1.82) is 0 Å². The molecule has 0 aliphatic heterocycles. The molecule has 0 aromatic rings. The third-order valence-corrected chi connectivity index (χ3v) is 2.56. The Morgan fingerprint density at radius 3 is 2.59 bits per heavy atom. The second-order valence-corrected chi connectivity index (χ2v) is 4.11. The van der Waals surface area contributed by atoms with Crippen LogP contribution in [0.2, 0.25) is 0 Å². The lowest BCUT2D eigenvalue weighted by Crippen LogP contribution is -2.07. The molecule has 0 spiro atoms. The Labute approximate surface area is 107 Å². The van der Waals surface area contributed by atoms with Gasteiger partial charge in [0.25, 0.3) is 0 Å². The summed E-state index contributed by atoms with van der Waals surface area (Å²) in [6.07, 6.45) is 3.88. The number of halogens is 1. The van der Waals surface area contributed by atoms with Gasteiger partial charge in [0.15, 0.2) is 0 Å². The molecule has 3 nitrogen and oxygen atoms in total. The first-order valence-electron chi connectivity index (χ1n) is 5.47. The minimum atomic E-state index is -0.916. The number of aliphatic carboxylic acids is 1. The van der Waals surface area contributed by atoms with Crippen molar-refractivity contribution in [1.82, 2.24) is 0 Å². The van der Waals surface area contributed by atoms with E-state index in [-0.39, 0.29) is 0 Å². The van der Waals surface area contributed by atoms with Crippen LogP contribution in [0.15, 0.2) is 35.1 Å². The highest BCUT2D eigenvalue weighted by Gasteiger charge is 2.13. The van der Waals surface area contributed by atoms with Gasteiger partial charge >= 0.3 is 5.97 Å². The van der Waals surface area contributed by atoms with Gasteiger partial charge in [-0.2, -0.15) is 0 Å². The van der Waals surface area contributed by atoms with Crippen LogP contribution in [0.25, 0.3) is 0 Å². The number of allylic oxidation sites excluding steroid dienone is 2. The SMILES string of the molecule is C=CCOC(=C(/C)CC)/C(Cl)=C\[C@@H](C)C(=O)O. The van der Waals surface area contributed by atoms with Gasteiger partial charge in [0.05, 0.1) is 11.0 Å². The zero-order chi connectivity index (χ0) is 13.4. The van der Waals surface area contributed by atoms with E-state index in [9.17, 15) is 4.79 Å². The maximum Gasteiger partial charge on any atom is 0.310 e. The molecule has 0 fully saturated rings. The van der Waals surface area contributed by atoms with Gasteiger partial charge in [-0.15, -0.1) is 0 Å². The molecule has 0 rings (SSSR count). The largest absolute Gasteiger partial charge is 0.488 e. The van der Waals surface area contributed by atoms with Crippen molar-refractivity contribution in [2.24, 2.45) is 5.92 Å². The Balaban J connectivity index is 5.05. The highest BCUT2D eigenvalue weighted by Crippen LogP contribution is 2.23. The molecule has 0 radical (unpaired) electrons. The van der Waals surface area contributed by atoms with Crippen molar-refractivity contribution in [3.63, 3.8) is 0 Å². The maximum absolute atomic E-state index is 10.7. The fourth-order valence-corrected chi connectivity index (χ4v) is 1.47. The predicted molar refractivity (Wildman–Crippen MR) is 69.9 cm³/mol. The van der Waals surface area contributed by atoms with Crippen molar-refractivity contribution >= 4 is 17.6 Å². The number of ether oxygens (including phenoxy) is 1. The summed E-state index contributed by atoms with van der Waals surface area (Å²) in [5, 5.41) is 9.14.